The van der Waals surface area contributed by atoms with Gasteiger partial charge in [-0.25, -0.2) is 14.8 Å². The van der Waals surface area contributed by atoms with E-state index >= 15 is 0 Å². The van der Waals surface area contributed by atoms with Gasteiger partial charge in [0.2, 0.25) is 0 Å². The van der Waals surface area contributed by atoms with Gasteiger partial charge in [0.1, 0.15) is 17.1 Å². The maximum atomic E-state index is 11.1. The minimum absolute atomic E-state index is 0.0366. The highest BCUT2D eigenvalue weighted by atomic mass is 35.5. The number of phenolic OH excluding ortho intramolecular Hbond substituents is 1. The number of fused-ring (bicyclic) bond motifs is 1. The molecule has 22 heavy (non-hydrogen) atoms. The summed E-state index contributed by atoms with van der Waals surface area (Å²) in [5, 5.41) is 18.9. The molecule has 0 unspecified atom stereocenters. The molecule has 2 aromatic heterocycles. The van der Waals surface area contributed by atoms with E-state index in [1.807, 2.05) is 6.92 Å². The highest BCUT2D eigenvalue weighted by molar-refractivity contribution is 6.31. The first-order chi connectivity index (χ1) is 10.5. The molecule has 2 N–H and O–H groups in total. The van der Waals surface area contributed by atoms with Crippen LogP contribution in [0.3, 0.4) is 0 Å². The van der Waals surface area contributed by atoms with Gasteiger partial charge in [0.25, 0.3) is 0 Å². The number of rotatable bonds is 3. The van der Waals surface area contributed by atoms with E-state index in [2.05, 4.69) is 9.97 Å². The van der Waals surface area contributed by atoms with Crippen LogP contribution in [0.25, 0.3) is 11.2 Å². The predicted molar refractivity (Wildman–Crippen MR) is 81.4 cm³/mol. The van der Waals surface area contributed by atoms with E-state index in [1.165, 1.54) is 12.1 Å². The van der Waals surface area contributed by atoms with Gasteiger partial charge in [0.05, 0.1) is 6.54 Å². The number of aromatic nitrogens is 3. The van der Waals surface area contributed by atoms with Crippen molar-refractivity contribution < 1.29 is 15.0 Å². The van der Waals surface area contributed by atoms with Crippen LogP contribution in [-0.4, -0.2) is 30.7 Å². The van der Waals surface area contributed by atoms with E-state index in [1.54, 1.807) is 22.8 Å². The second-order valence-corrected chi connectivity index (χ2v) is 5.27. The van der Waals surface area contributed by atoms with Gasteiger partial charge in [0.15, 0.2) is 11.3 Å². The first kappa shape index (κ1) is 14.3. The largest absolute Gasteiger partial charge is 0.508 e. The molecule has 6 nitrogen and oxygen atoms in total. The molecule has 0 aliphatic heterocycles. The first-order valence-electron chi connectivity index (χ1n) is 6.50. The minimum Gasteiger partial charge on any atom is -0.508 e. The van der Waals surface area contributed by atoms with Crippen molar-refractivity contribution in [2.45, 2.75) is 13.5 Å². The summed E-state index contributed by atoms with van der Waals surface area (Å²) in [6, 6.07) is 7.78. The number of phenols is 1. The number of imidazole rings is 1. The van der Waals surface area contributed by atoms with Crippen LogP contribution < -0.4 is 0 Å². The van der Waals surface area contributed by atoms with Gasteiger partial charge < -0.3 is 14.8 Å². The molecule has 0 spiro atoms. The highest BCUT2D eigenvalue weighted by Crippen LogP contribution is 2.24. The second-order valence-electron chi connectivity index (χ2n) is 4.87. The molecule has 3 aromatic rings. The van der Waals surface area contributed by atoms with E-state index in [0.29, 0.717) is 28.6 Å². The van der Waals surface area contributed by atoms with E-state index < -0.39 is 5.97 Å². The Balaban J connectivity index is 2.11. The molecule has 0 saturated carbocycles. The van der Waals surface area contributed by atoms with Crippen molar-refractivity contribution in [2.75, 3.05) is 0 Å². The first-order valence-corrected chi connectivity index (χ1v) is 6.88. The average molecular weight is 318 g/mol. The summed E-state index contributed by atoms with van der Waals surface area (Å²) in [7, 11) is 0. The van der Waals surface area contributed by atoms with E-state index in [4.69, 9.17) is 16.7 Å². The highest BCUT2D eigenvalue weighted by Gasteiger charge is 2.14. The van der Waals surface area contributed by atoms with Crippen LogP contribution in [0.1, 0.15) is 21.9 Å². The van der Waals surface area contributed by atoms with Crippen LogP contribution in [0.4, 0.5) is 0 Å². The summed E-state index contributed by atoms with van der Waals surface area (Å²) < 4.78 is 1.79. The number of hydrogen-bond acceptors (Lipinski definition) is 4. The van der Waals surface area contributed by atoms with Gasteiger partial charge in [-0.15, -0.1) is 0 Å². The fourth-order valence-corrected chi connectivity index (χ4v) is 2.49. The van der Waals surface area contributed by atoms with E-state index in [-0.39, 0.29) is 11.4 Å². The third-order valence-corrected chi connectivity index (χ3v) is 3.72. The number of carbonyl (C=O) groups is 1. The summed E-state index contributed by atoms with van der Waals surface area (Å²) >= 11 is 6.12. The fourth-order valence-electron chi connectivity index (χ4n) is 2.26. The van der Waals surface area contributed by atoms with Gasteiger partial charge in [-0.2, -0.15) is 0 Å². The van der Waals surface area contributed by atoms with Gasteiger partial charge in [-0.05, 0) is 36.8 Å². The number of aromatic carboxylic acids is 1. The molecule has 1 aromatic carbocycles. The lowest BCUT2D eigenvalue weighted by atomic mass is 10.2. The molecule has 0 fully saturated rings. The van der Waals surface area contributed by atoms with Crippen molar-refractivity contribution in [3.8, 4) is 5.75 Å². The average Bonchev–Trinajstić information content (AvgIpc) is 2.77. The second kappa shape index (κ2) is 5.31. The van der Waals surface area contributed by atoms with Crippen molar-refractivity contribution in [3.63, 3.8) is 0 Å². The Labute approximate surface area is 130 Å². The number of halogens is 1. The lowest BCUT2D eigenvalue weighted by Crippen LogP contribution is -2.06. The summed E-state index contributed by atoms with van der Waals surface area (Å²) in [5.41, 5.74) is 1.86. The monoisotopic (exact) mass is 317 g/mol. The molecule has 0 aliphatic rings. The van der Waals surface area contributed by atoms with Gasteiger partial charge in [-0.3, -0.25) is 0 Å². The zero-order valence-corrected chi connectivity index (χ0v) is 12.4. The third-order valence-electron chi connectivity index (χ3n) is 3.37. The number of nitrogens with zero attached hydrogens (tertiary/aromatic N) is 3. The van der Waals surface area contributed by atoms with E-state index in [0.717, 1.165) is 5.56 Å². The van der Waals surface area contributed by atoms with Crippen LogP contribution in [-0.2, 0) is 6.54 Å². The van der Waals surface area contributed by atoms with Gasteiger partial charge in [-0.1, -0.05) is 17.7 Å². The van der Waals surface area contributed by atoms with Crippen molar-refractivity contribution in [3.05, 3.63) is 52.4 Å². The number of aromatic hydroxyl groups is 1. The molecule has 0 amide bonds. The van der Waals surface area contributed by atoms with Gasteiger partial charge >= 0.3 is 5.97 Å². The van der Waals surface area contributed by atoms with Gasteiger partial charge in [0, 0.05) is 5.02 Å². The maximum Gasteiger partial charge on any atom is 0.354 e. The number of carboxylic acid groups (broad SMARTS) is 1. The molecule has 112 valence electrons. The summed E-state index contributed by atoms with van der Waals surface area (Å²) in [5.74, 6) is -0.295. The van der Waals surface area contributed by atoms with Crippen LogP contribution in [0.2, 0.25) is 5.02 Å². The van der Waals surface area contributed by atoms with Crippen LogP contribution in [0.15, 0.2) is 30.3 Å². The molecule has 0 aliphatic carbocycles. The maximum absolute atomic E-state index is 11.1. The van der Waals surface area contributed by atoms with Crippen LogP contribution >= 0.6 is 11.6 Å². The zero-order valence-electron chi connectivity index (χ0n) is 11.6. The predicted octanol–water partition coefficient (Wildman–Crippen LogP) is 2.85. The summed E-state index contributed by atoms with van der Waals surface area (Å²) in [6.07, 6.45) is 0. The summed E-state index contributed by atoms with van der Waals surface area (Å²) in [4.78, 5) is 19.6. The molecule has 0 atom stereocenters. The molecule has 7 heteroatoms. The van der Waals surface area contributed by atoms with Crippen LogP contribution in [0.5, 0.6) is 5.75 Å². The Bertz CT molecular complexity index is 889. The number of carboxylic acids is 1. The standard InChI is InChI=1S/C15H12ClN3O3/c1-8-17-12-4-5-13(15(21)22)18-14(12)19(8)7-9-2-3-10(20)6-11(9)16/h2-6,20H,7H2,1H3,(H,21,22). The third kappa shape index (κ3) is 2.48. The molecule has 0 radical (unpaired) electrons. The normalized spacial score (nSPS) is 11.0. The molecular weight excluding hydrogens is 306 g/mol. The quantitative estimate of drug-likeness (QED) is 0.775. The molecule has 0 bridgehead atoms. The Morgan fingerprint density at radius 2 is 2.05 bits per heavy atom. The Morgan fingerprint density at radius 3 is 2.73 bits per heavy atom. The van der Waals surface area contributed by atoms with Crippen molar-refractivity contribution >= 4 is 28.7 Å². The molecular formula is C15H12ClN3O3. The fraction of sp³-hybridized carbons (Fsp3) is 0.133. The number of benzene rings is 1. The lowest BCUT2D eigenvalue weighted by Gasteiger charge is -2.09. The van der Waals surface area contributed by atoms with Crippen molar-refractivity contribution in [1.29, 1.82) is 0 Å². The number of hydrogen-bond donors (Lipinski definition) is 2. The number of pyridine rings is 1. The molecule has 2 heterocycles. The lowest BCUT2D eigenvalue weighted by molar-refractivity contribution is 0.0691. The zero-order chi connectivity index (χ0) is 15.9. The van der Waals surface area contributed by atoms with Crippen molar-refractivity contribution in [1.82, 2.24) is 14.5 Å². The Hall–Kier alpha value is -2.60. The topological polar surface area (TPSA) is 88.2 Å². The minimum atomic E-state index is -1.09. The van der Waals surface area contributed by atoms with Crippen molar-refractivity contribution in [2.24, 2.45) is 0 Å². The SMILES string of the molecule is Cc1nc2ccc(C(=O)O)nc2n1Cc1ccc(O)cc1Cl. The Kier molecular flexibility index (Phi) is 3.46. The smallest absolute Gasteiger partial charge is 0.354 e. The van der Waals surface area contributed by atoms with E-state index in [9.17, 15) is 9.90 Å². The number of aryl methyl sites for hydroxylation is 1. The molecule has 3 rings (SSSR count). The summed E-state index contributed by atoms with van der Waals surface area (Å²) in [6.45, 7) is 2.20. The Morgan fingerprint density at radius 1 is 1.27 bits per heavy atom. The molecule has 0 saturated heterocycles. The van der Waals surface area contributed by atoms with Crippen LogP contribution in [0, 0.1) is 6.92 Å².